The van der Waals surface area contributed by atoms with Crippen molar-refractivity contribution < 1.29 is 0 Å². The molecule has 3 heterocycles. The fraction of sp³-hybridized carbons (Fsp3) is 0.174. The summed E-state index contributed by atoms with van der Waals surface area (Å²) in [4.78, 5) is 18.1. The molecule has 1 atom stereocenters. The largest absolute Gasteiger partial charge is 0.358 e. The molecule has 2 aromatic carbocycles. The number of fused-ring (bicyclic) bond motifs is 2. The molecule has 5 rings (SSSR count). The van der Waals surface area contributed by atoms with E-state index in [0.717, 1.165) is 18.8 Å². The van der Waals surface area contributed by atoms with Crippen molar-refractivity contribution in [1.29, 1.82) is 0 Å². The third-order valence-electron chi connectivity index (χ3n) is 5.46. The zero-order valence-corrected chi connectivity index (χ0v) is 15.2. The van der Waals surface area contributed by atoms with E-state index in [-0.39, 0.29) is 5.56 Å². The highest BCUT2D eigenvalue weighted by Crippen LogP contribution is 2.34. The Morgan fingerprint density at radius 1 is 1.00 bits per heavy atom. The van der Waals surface area contributed by atoms with Crippen LogP contribution in [0.5, 0.6) is 0 Å². The van der Waals surface area contributed by atoms with Crippen LogP contribution in [-0.4, -0.2) is 28.0 Å². The van der Waals surface area contributed by atoms with Crippen molar-refractivity contribution in [2.24, 2.45) is 0 Å². The molecule has 1 unspecified atom stereocenters. The summed E-state index contributed by atoms with van der Waals surface area (Å²) in [6.07, 6.45) is 1.83. The van der Waals surface area contributed by atoms with Gasteiger partial charge in [0.25, 0.3) is 5.56 Å². The van der Waals surface area contributed by atoms with Crippen LogP contribution in [0.4, 0.5) is 0 Å². The van der Waals surface area contributed by atoms with Gasteiger partial charge in [-0.1, -0.05) is 30.3 Å². The van der Waals surface area contributed by atoms with E-state index in [1.165, 1.54) is 27.7 Å². The van der Waals surface area contributed by atoms with Gasteiger partial charge in [-0.15, -0.1) is 0 Å². The van der Waals surface area contributed by atoms with Gasteiger partial charge in [0.05, 0.1) is 0 Å². The van der Waals surface area contributed by atoms with E-state index in [9.17, 15) is 4.79 Å². The van der Waals surface area contributed by atoms with Gasteiger partial charge in [-0.3, -0.25) is 9.36 Å². The van der Waals surface area contributed by atoms with E-state index in [4.69, 9.17) is 0 Å². The van der Waals surface area contributed by atoms with E-state index in [1.54, 1.807) is 16.7 Å². The van der Waals surface area contributed by atoms with Gasteiger partial charge in [0.1, 0.15) is 0 Å². The molecule has 27 heavy (non-hydrogen) atoms. The molecule has 0 bridgehead atoms. The molecule has 1 aliphatic heterocycles. The second-order valence-electron chi connectivity index (χ2n) is 7.35. The molecule has 4 nitrogen and oxygen atoms in total. The molecule has 0 fully saturated rings. The van der Waals surface area contributed by atoms with Gasteiger partial charge in [0, 0.05) is 48.2 Å². The lowest BCUT2D eigenvalue weighted by molar-refractivity contribution is 0.293. The fourth-order valence-corrected chi connectivity index (χ4v) is 4.17. The van der Waals surface area contributed by atoms with E-state index in [2.05, 4.69) is 65.5 Å². The molecule has 0 amide bonds. The maximum Gasteiger partial charge on any atom is 0.255 e. The number of benzene rings is 2. The first-order valence-corrected chi connectivity index (χ1v) is 9.26. The van der Waals surface area contributed by atoms with Gasteiger partial charge in [-0.2, -0.15) is 0 Å². The van der Waals surface area contributed by atoms with Crippen molar-refractivity contribution in [3.05, 3.63) is 100 Å². The lowest BCUT2D eigenvalue weighted by atomic mass is 9.87. The van der Waals surface area contributed by atoms with Gasteiger partial charge in [-0.25, -0.2) is 0 Å². The van der Waals surface area contributed by atoms with Crippen LogP contribution in [0.1, 0.15) is 22.7 Å². The molecule has 1 aliphatic rings. The molecule has 0 saturated carbocycles. The zero-order chi connectivity index (χ0) is 18.4. The summed E-state index contributed by atoms with van der Waals surface area (Å²) in [5.74, 6) is 0.299. The number of rotatable bonds is 2. The van der Waals surface area contributed by atoms with Crippen molar-refractivity contribution >= 4 is 10.9 Å². The fourth-order valence-electron chi connectivity index (χ4n) is 4.17. The van der Waals surface area contributed by atoms with Crippen LogP contribution in [0.3, 0.4) is 0 Å². The molecule has 1 N–H and O–H groups in total. The van der Waals surface area contributed by atoms with Gasteiger partial charge >= 0.3 is 0 Å². The summed E-state index contributed by atoms with van der Waals surface area (Å²) in [5.41, 5.74) is 5.95. The number of para-hydroxylation sites is 1. The quantitative estimate of drug-likeness (QED) is 0.592. The topological polar surface area (TPSA) is 41.0 Å². The average Bonchev–Trinajstić information content (AvgIpc) is 3.11. The second-order valence-corrected chi connectivity index (χ2v) is 7.35. The minimum Gasteiger partial charge on any atom is -0.358 e. The van der Waals surface area contributed by atoms with Crippen LogP contribution >= 0.6 is 0 Å². The SMILES string of the molecule is CN1Cc2cc(-n3ccccc3=O)ccc2C(c2cc3ccccc3[nH]2)C1. The number of hydrogen-bond acceptors (Lipinski definition) is 2. The minimum atomic E-state index is -0.00576. The van der Waals surface area contributed by atoms with Crippen molar-refractivity contribution in [1.82, 2.24) is 14.5 Å². The van der Waals surface area contributed by atoms with Gasteiger partial charge in [0.2, 0.25) is 0 Å². The van der Waals surface area contributed by atoms with Crippen molar-refractivity contribution in [2.45, 2.75) is 12.5 Å². The Labute approximate surface area is 157 Å². The lowest BCUT2D eigenvalue weighted by Crippen LogP contribution is -2.31. The van der Waals surface area contributed by atoms with Gasteiger partial charge in [0.15, 0.2) is 0 Å². The standard InChI is InChI=1S/C23H21N3O/c1-25-14-17-12-18(26-11-5-4-8-23(26)27)9-10-19(17)20(15-25)22-13-16-6-2-3-7-21(16)24-22/h2-13,20,24H,14-15H2,1H3. The Balaban J connectivity index is 1.61. The van der Waals surface area contributed by atoms with Crippen LogP contribution < -0.4 is 5.56 Å². The summed E-state index contributed by atoms with van der Waals surface area (Å²) in [7, 11) is 2.15. The predicted octanol–water partition coefficient (Wildman–Crippen LogP) is 3.90. The maximum absolute atomic E-state index is 12.2. The molecular weight excluding hydrogens is 334 g/mol. The monoisotopic (exact) mass is 355 g/mol. The van der Waals surface area contributed by atoms with Crippen LogP contribution in [-0.2, 0) is 6.54 Å². The average molecular weight is 355 g/mol. The predicted molar refractivity (Wildman–Crippen MR) is 109 cm³/mol. The number of hydrogen-bond donors (Lipinski definition) is 1. The number of H-pyrrole nitrogens is 1. The van der Waals surface area contributed by atoms with Gasteiger partial charge < -0.3 is 9.88 Å². The van der Waals surface area contributed by atoms with Crippen LogP contribution in [0.25, 0.3) is 16.6 Å². The number of nitrogens with zero attached hydrogens (tertiary/aromatic N) is 2. The van der Waals surface area contributed by atoms with E-state index in [0.29, 0.717) is 5.92 Å². The first-order valence-electron chi connectivity index (χ1n) is 9.26. The first-order chi connectivity index (χ1) is 13.2. The molecule has 134 valence electrons. The zero-order valence-electron chi connectivity index (χ0n) is 15.2. The second kappa shape index (κ2) is 6.25. The van der Waals surface area contributed by atoms with E-state index in [1.807, 2.05) is 12.3 Å². The molecule has 4 heteroatoms. The molecular formula is C23H21N3O. The molecule has 0 aliphatic carbocycles. The van der Waals surface area contributed by atoms with E-state index < -0.39 is 0 Å². The third-order valence-corrected chi connectivity index (χ3v) is 5.46. The lowest BCUT2D eigenvalue weighted by Gasteiger charge is -2.32. The summed E-state index contributed by atoms with van der Waals surface area (Å²) in [5, 5.41) is 1.25. The molecule has 4 aromatic rings. The Hall–Kier alpha value is -3.11. The Morgan fingerprint density at radius 2 is 1.85 bits per heavy atom. The summed E-state index contributed by atoms with van der Waals surface area (Å²) in [6.45, 7) is 1.87. The van der Waals surface area contributed by atoms with Crippen LogP contribution in [0, 0.1) is 0 Å². The number of likely N-dealkylation sites (N-methyl/N-ethyl adjacent to an activating group) is 1. The molecule has 0 radical (unpaired) electrons. The smallest absolute Gasteiger partial charge is 0.255 e. The van der Waals surface area contributed by atoms with E-state index >= 15 is 0 Å². The highest BCUT2D eigenvalue weighted by molar-refractivity contribution is 5.80. The normalized spacial score (nSPS) is 17.1. The van der Waals surface area contributed by atoms with Crippen LogP contribution in [0.2, 0.25) is 0 Å². The van der Waals surface area contributed by atoms with Crippen LogP contribution in [0.15, 0.2) is 77.7 Å². The van der Waals surface area contributed by atoms with Crippen molar-refractivity contribution in [3.8, 4) is 5.69 Å². The molecule has 0 saturated heterocycles. The maximum atomic E-state index is 12.2. The van der Waals surface area contributed by atoms with Crippen molar-refractivity contribution in [3.63, 3.8) is 0 Å². The highest BCUT2D eigenvalue weighted by Gasteiger charge is 2.26. The molecule has 0 spiro atoms. The number of nitrogens with one attached hydrogen (secondary N) is 1. The highest BCUT2D eigenvalue weighted by atomic mass is 16.1. The number of pyridine rings is 1. The summed E-state index contributed by atoms with van der Waals surface area (Å²) < 4.78 is 1.70. The Bertz CT molecular complexity index is 1150. The summed E-state index contributed by atoms with van der Waals surface area (Å²) >= 11 is 0. The third kappa shape index (κ3) is 2.78. The van der Waals surface area contributed by atoms with Crippen molar-refractivity contribution in [2.75, 3.05) is 13.6 Å². The number of aromatic nitrogens is 2. The first kappa shape index (κ1) is 16.1. The Morgan fingerprint density at radius 3 is 2.70 bits per heavy atom. The van der Waals surface area contributed by atoms with Gasteiger partial charge in [-0.05, 0) is 53.9 Å². The molecule has 2 aromatic heterocycles. The summed E-state index contributed by atoms with van der Waals surface area (Å²) in [6, 6.07) is 22.3. The Kier molecular flexibility index (Phi) is 3.73. The minimum absolute atomic E-state index is 0.00576. The number of aromatic amines is 1.